The van der Waals surface area contributed by atoms with Gasteiger partial charge in [-0.05, 0) is 6.42 Å². The summed E-state index contributed by atoms with van der Waals surface area (Å²) in [4.78, 5) is 26.1. The second-order valence-corrected chi connectivity index (χ2v) is 3.91. The molecule has 17 heavy (non-hydrogen) atoms. The fraction of sp³-hybridized carbons (Fsp3) is 0.556. The number of carbonyl (C=O) groups excluding carboxylic acids is 2. The van der Waals surface area contributed by atoms with E-state index in [2.05, 4.69) is 20.7 Å². The second-order valence-electron chi connectivity index (χ2n) is 3.91. The lowest BCUT2D eigenvalue weighted by molar-refractivity contribution is -0.122. The number of nitrogens with one attached hydrogen (secondary N) is 2. The number of hydrogen-bond donors (Lipinski definition) is 3. The molecule has 0 saturated carbocycles. The Labute approximate surface area is 97.6 Å². The van der Waals surface area contributed by atoms with E-state index in [-0.39, 0.29) is 30.3 Å². The third-order valence-corrected chi connectivity index (χ3v) is 2.49. The largest absolute Gasteiger partial charge is 0.367 e. The molecule has 4 N–H and O–H groups in total. The highest BCUT2D eigenvalue weighted by atomic mass is 16.2. The zero-order chi connectivity index (χ0) is 12.3. The van der Waals surface area contributed by atoms with Crippen LogP contribution in [0.2, 0.25) is 0 Å². The molecule has 0 bridgehead atoms. The number of amides is 2. The van der Waals surface area contributed by atoms with Crippen molar-refractivity contribution in [2.45, 2.75) is 25.4 Å². The summed E-state index contributed by atoms with van der Waals surface area (Å²) in [7, 11) is 0. The Balaban J connectivity index is 1.72. The maximum absolute atomic E-state index is 11.5. The van der Waals surface area contributed by atoms with E-state index in [4.69, 9.17) is 5.73 Å². The number of rotatable bonds is 4. The first-order chi connectivity index (χ1) is 8.13. The summed E-state index contributed by atoms with van der Waals surface area (Å²) in [6, 6.07) is 0.0345. The molecule has 1 aromatic heterocycles. The molecule has 1 unspecified atom stereocenters. The van der Waals surface area contributed by atoms with E-state index in [1.165, 1.54) is 11.0 Å². The third-order valence-electron chi connectivity index (χ3n) is 2.49. The summed E-state index contributed by atoms with van der Waals surface area (Å²) >= 11 is 0. The number of carbonyl (C=O) groups is 2. The standard InChI is InChI=1S/C9H14N6O2/c10-9-12-5-15(14-9)4-8(17)11-3-6-1-2-7(16)13-6/h5-6H,1-4H2,(H2,10,14)(H,11,17)(H,13,16). The van der Waals surface area contributed by atoms with Gasteiger partial charge >= 0.3 is 0 Å². The SMILES string of the molecule is Nc1ncn(CC(=O)NCC2CCC(=O)N2)n1. The first kappa shape index (κ1) is 11.4. The quantitative estimate of drug-likeness (QED) is 0.575. The monoisotopic (exact) mass is 238 g/mol. The number of aromatic nitrogens is 3. The van der Waals surface area contributed by atoms with Crippen molar-refractivity contribution >= 4 is 17.8 Å². The van der Waals surface area contributed by atoms with Crippen molar-refractivity contribution in [2.75, 3.05) is 12.3 Å². The van der Waals surface area contributed by atoms with Crippen LogP contribution < -0.4 is 16.4 Å². The molecule has 1 atom stereocenters. The Morgan fingerprint density at radius 3 is 3.12 bits per heavy atom. The molecule has 8 heteroatoms. The Bertz CT molecular complexity index is 429. The lowest BCUT2D eigenvalue weighted by Crippen LogP contribution is -2.39. The third kappa shape index (κ3) is 3.16. The van der Waals surface area contributed by atoms with Gasteiger partial charge in [0.05, 0.1) is 0 Å². The van der Waals surface area contributed by atoms with Crippen molar-refractivity contribution in [3.63, 3.8) is 0 Å². The maximum Gasteiger partial charge on any atom is 0.241 e. The van der Waals surface area contributed by atoms with Gasteiger partial charge in [-0.15, -0.1) is 5.10 Å². The van der Waals surface area contributed by atoms with Gasteiger partial charge in [0.2, 0.25) is 17.8 Å². The van der Waals surface area contributed by atoms with Crippen LogP contribution in [0.25, 0.3) is 0 Å². The zero-order valence-corrected chi connectivity index (χ0v) is 9.22. The van der Waals surface area contributed by atoms with Crippen molar-refractivity contribution in [1.82, 2.24) is 25.4 Å². The summed E-state index contributed by atoms with van der Waals surface area (Å²) < 4.78 is 1.36. The molecule has 2 rings (SSSR count). The summed E-state index contributed by atoms with van der Waals surface area (Å²) in [5, 5.41) is 9.28. The highest BCUT2D eigenvalue weighted by Crippen LogP contribution is 2.04. The van der Waals surface area contributed by atoms with Gasteiger partial charge in [0, 0.05) is 19.0 Å². The van der Waals surface area contributed by atoms with Gasteiger partial charge in [-0.3, -0.25) is 9.59 Å². The van der Waals surface area contributed by atoms with Crippen molar-refractivity contribution in [2.24, 2.45) is 0 Å². The van der Waals surface area contributed by atoms with Gasteiger partial charge in [-0.1, -0.05) is 0 Å². The highest BCUT2D eigenvalue weighted by Gasteiger charge is 2.20. The van der Waals surface area contributed by atoms with E-state index >= 15 is 0 Å². The van der Waals surface area contributed by atoms with Crippen LogP contribution in [0.5, 0.6) is 0 Å². The van der Waals surface area contributed by atoms with Crippen LogP contribution >= 0.6 is 0 Å². The van der Waals surface area contributed by atoms with E-state index in [0.29, 0.717) is 13.0 Å². The normalized spacial score (nSPS) is 19.1. The number of hydrogen-bond acceptors (Lipinski definition) is 5. The lowest BCUT2D eigenvalue weighted by Gasteiger charge is -2.10. The summed E-state index contributed by atoms with van der Waals surface area (Å²) in [5.74, 6) is -0.00907. The summed E-state index contributed by atoms with van der Waals surface area (Å²) in [6.45, 7) is 0.514. The predicted octanol–water partition coefficient (Wildman–Crippen LogP) is -1.74. The first-order valence-electron chi connectivity index (χ1n) is 5.34. The highest BCUT2D eigenvalue weighted by molar-refractivity contribution is 5.79. The van der Waals surface area contributed by atoms with Crippen molar-refractivity contribution in [3.8, 4) is 0 Å². The first-order valence-corrected chi connectivity index (χ1v) is 5.34. The molecule has 1 aliphatic heterocycles. The molecule has 0 radical (unpaired) electrons. The van der Waals surface area contributed by atoms with Gasteiger partial charge in [-0.25, -0.2) is 9.67 Å². The van der Waals surface area contributed by atoms with Gasteiger partial charge in [0.15, 0.2) is 0 Å². The molecular weight excluding hydrogens is 224 g/mol. The maximum atomic E-state index is 11.5. The van der Waals surface area contributed by atoms with Crippen molar-refractivity contribution in [3.05, 3.63) is 6.33 Å². The molecule has 1 saturated heterocycles. The molecule has 2 amide bonds. The van der Waals surface area contributed by atoms with E-state index in [9.17, 15) is 9.59 Å². The molecule has 2 heterocycles. The number of nitrogen functional groups attached to an aromatic ring is 1. The topological polar surface area (TPSA) is 115 Å². The van der Waals surface area contributed by atoms with Crippen LogP contribution in [0, 0.1) is 0 Å². The Hall–Kier alpha value is -2.12. The fourth-order valence-electron chi connectivity index (χ4n) is 1.66. The molecule has 0 spiro atoms. The average Bonchev–Trinajstić information content (AvgIpc) is 2.85. The smallest absolute Gasteiger partial charge is 0.241 e. The molecule has 1 aliphatic rings. The summed E-state index contributed by atoms with van der Waals surface area (Å²) in [5.41, 5.74) is 5.32. The fourth-order valence-corrected chi connectivity index (χ4v) is 1.66. The van der Waals surface area contributed by atoms with Crippen LogP contribution in [-0.4, -0.2) is 39.2 Å². The Morgan fingerprint density at radius 2 is 2.53 bits per heavy atom. The van der Waals surface area contributed by atoms with Crippen LogP contribution in [0.4, 0.5) is 5.95 Å². The lowest BCUT2D eigenvalue weighted by atomic mass is 10.2. The zero-order valence-electron chi connectivity index (χ0n) is 9.22. The molecule has 0 aromatic carbocycles. The van der Waals surface area contributed by atoms with Crippen LogP contribution in [0.15, 0.2) is 6.33 Å². The van der Waals surface area contributed by atoms with Crippen molar-refractivity contribution in [1.29, 1.82) is 0 Å². The molecule has 8 nitrogen and oxygen atoms in total. The minimum atomic E-state index is -0.184. The Morgan fingerprint density at radius 1 is 1.71 bits per heavy atom. The molecule has 0 aliphatic carbocycles. The van der Waals surface area contributed by atoms with Crippen LogP contribution in [0.3, 0.4) is 0 Å². The van der Waals surface area contributed by atoms with Gasteiger partial charge in [0.25, 0.3) is 0 Å². The van der Waals surface area contributed by atoms with E-state index < -0.39 is 0 Å². The number of anilines is 1. The van der Waals surface area contributed by atoms with Crippen LogP contribution in [0.1, 0.15) is 12.8 Å². The molecule has 1 aromatic rings. The minimum absolute atomic E-state index is 0.0345. The molecular formula is C9H14N6O2. The van der Waals surface area contributed by atoms with Crippen molar-refractivity contribution < 1.29 is 9.59 Å². The summed E-state index contributed by atoms with van der Waals surface area (Å²) in [6.07, 6.45) is 2.68. The number of nitrogens with two attached hydrogens (primary N) is 1. The van der Waals surface area contributed by atoms with Gasteiger partial charge in [0.1, 0.15) is 12.9 Å². The molecule has 1 fully saturated rings. The Kier molecular flexibility index (Phi) is 3.22. The predicted molar refractivity (Wildman–Crippen MR) is 58.6 cm³/mol. The second kappa shape index (κ2) is 4.81. The van der Waals surface area contributed by atoms with E-state index in [0.717, 1.165) is 6.42 Å². The minimum Gasteiger partial charge on any atom is -0.367 e. The molecule has 92 valence electrons. The van der Waals surface area contributed by atoms with E-state index in [1.54, 1.807) is 0 Å². The van der Waals surface area contributed by atoms with Gasteiger partial charge in [-0.2, -0.15) is 0 Å². The van der Waals surface area contributed by atoms with Crippen LogP contribution in [-0.2, 0) is 16.1 Å². The number of nitrogens with zero attached hydrogens (tertiary/aromatic N) is 3. The van der Waals surface area contributed by atoms with Gasteiger partial charge < -0.3 is 16.4 Å². The van der Waals surface area contributed by atoms with E-state index in [1.807, 2.05) is 0 Å². The average molecular weight is 238 g/mol.